The van der Waals surface area contributed by atoms with Crippen LogP contribution in [0.4, 0.5) is 4.79 Å². The average molecular weight is 317 g/mol. The van der Waals surface area contributed by atoms with Gasteiger partial charge in [-0.05, 0) is 44.5 Å². The minimum Gasteiger partial charge on any atom is -0.486 e. The molecule has 1 unspecified atom stereocenters. The van der Waals surface area contributed by atoms with Gasteiger partial charge in [0.15, 0.2) is 0 Å². The van der Waals surface area contributed by atoms with Crippen LogP contribution in [0.3, 0.4) is 0 Å². The van der Waals surface area contributed by atoms with Crippen LogP contribution in [0.2, 0.25) is 0 Å². The van der Waals surface area contributed by atoms with Crippen LogP contribution in [-0.4, -0.2) is 61.2 Å². The molecule has 2 heterocycles. The Balaban J connectivity index is 1.44. The molecule has 2 saturated heterocycles. The third-order valence-corrected chi connectivity index (χ3v) is 4.73. The quantitative estimate of drug-likeness (QED) is 0.925. The van der Waals surface area contributed by atoms with E-state index >= 15 is 0 Å². The van der Waals surface area contributed by atoms with Gasteiger partial charge in [-0.15, -0.1) is 0 Å². The highest BCUT2D eigenvalue weighted by atomic mass is 16.5. The Hall–Kier alpha value is -1.75. The molecular formula is C18H27N3O2. The van der Waals surface area contributed by atoms with Crippen LogP contribution in [0.1, 0.15) is 25.3 Å². The van der Waals surface area contributed by atoms with E-state index in [-0.39, 0.29) is 18.2 Å². The number of nitrogens with zero attached hydrogens (tertiary/aromatic N) is 2. The Bertz CT molecular complexity index is 543. The van der Waals surface area contributed by atoms with E-state index in [0.29, 0.717) is 13.1 Å². The Kier molecular flexibility index (Phi) is 5.06. The van der Waals surface area contributed by atoms with Crippen LogP contribution in [0.15, 0.2) is 24.3 Å². The summed E-state index contributed by atoms with van der Waals surface area (Å²) in [6.45, 7) is 5.55. The van der Waals surface area contributed by atoms with Gasteiger partial charge in [0.05, 0.1) is 13.1 Å². The topological polar surface area (TPSA) is 44.8 Å². The first kappa shape index (κ1) is 16.1. The minimum atomic E-state index is 0.0499. The molecular weight excluding hydrogens is 290 g/mol. The van der Waals surface area contributed by atoms with Crippen molar-refractivity contribution in [3.05, 3.63) is 29.8 Å². The number of rotatable bonds is 4. The number of likely N-dealkylation sites (tertiary alicyclic amines) is 2. The number of amides is 2. The lowest BCUT2D eigenvalue weighted by Gasteiger charge is -2.40. The number of carbonyl (C=O) groups excluding carboxylic acids is 1. The predicted octanol–water partition coefficient (Wildman–Crippen LogP) is 2.12. The summed E-state index contributed by atoms with van der Waals surface area (Å²) in [5, 5.41) is 3.15. The standard InChI is InChI=1S/C18H27N3O2/c1-3-14-7-4-5-9-17(14)23-16-12-21(13-16)18(22)19-15-8-6-10-20(2)11-15/h4-5,7,9,15-16H,3,6,8,10-13H2,1-2H3,(H,19,22). The molecule has 2 fully saturated rings. The van der Waals surface area contributed by atoms with Gasteiger partial charge in [-0.1, -0.05) is 25.1 Å². The average Bonchev–Trinajstić information content (AvgIpc) is 2.50. The molecule has 3 rings (SSSR count). The lowest BCUT2D eigenvalue weighted by atomic mass is 10.1. The van der Waals surface area contributed by atoms with E-state index in [1.807, 2.05) is 23.1 Å². The summed E-state index contributed by atoms with van der Waals surface area (Å²) in [6.07, 6.45) is 3.30. The number of piperidine rings is 1. The fraction of sp³-hybridized carbons (Fsp3) is 0.611. The number of carbonyl (C=O) groups is 1. The maximum absolute atomic E-state index is 12.3. The zero-order valence-electron chi connectivity index (χ0n) is 14.1. The van der Waals surface area contributed by atoms with E-state index in [1.54, 1.807) is 0 Å². The molecule has 1 aromatic rings. The van der Waals surface area contributed by atoms with Gasteiger partial charge in [-0.25, -0.2) is 4.79 Å². The summed E-state index contributed by atoms with van der Waals surface area (Å²) < 4.78 is 6.03. The first-order valence-electron chi connectivity index (χ1n) is 8.64. The van der Waals surface area contributed by atoms with Crippen molar-refractivity contribution in [2.45, 2.75) is 38.3 Å². The Morgan fingerprint density at radius 1 is 1.30 bits per heavy atom. The molecule has 1 N–H and O–H groups in total. The first-order chi connectivity index (χ1) is 11.2. The second kappa shape index (κ2) is 7.21. The first-order valence-corrected chi connectivity index (χ1v) is 8.64. The molecule has 5 nitrogen and oxygen atoms in total. The Morgan fingerprint density at radius 3 is 2.83 bits per heavy atom. The number of nitrogens with one attached hydrogen (secondary N) is 1. The van der Waals surface area contributed by atoms with Gasteiger partial charge in [0.1, 0.15) is 11.9 Å². The highest BCUT2D eigenvalue weighted by molar-refractivity contribution is 5.75. The number of ether oxygens (including phenoxy) is 1. The van der Waals surface area contributed by atoms with Gasteiger partial charge in [0.25, 0.3) is 0 Å². The van der Waals surface area contributed by atoms with Crippen molar-refractivity contribution in [3.8, 4) is 5.75 Å². The number of aryl methyl sites for hydroxylation is 1. The maximum atomic E-state index is 12.3. The molecule has 1 aromatic carbocycles. The number of benzene rings is 1. The van der Waals surface area contributed by atoms with Crippen LogP contribution in [0, 0.1) is 0 Å². The third kappa shape index (κ3) is 3.96. The van der Waals surface area contributed by atoms with Crippen LogP contribution in [0.25, 0.3) is 0 Å². The van der Waals surface area contributed by atoms with E-state index in [2.05, 4.69) is 30.3 Å². The van der Waals surface area contributed by atoms with Crippen molar-refractivity contribution < 1.29 is 9.53 Å². The van der Waals surface area contributed by atoms with Crippen LogP contribution in [0.5, 0.6) is 5.75 Å². The fourth-order valence-electron chi connectivity index (χ4n) is 3.32. The van der Waals surface area contributed by atoms with Crippen LogP contribution in [-0.2, 0) is 6.42 Å². The van der Waals surface area contributed by atoms with Crippen LogP contribution < -0.4 is 10.1 Å². The molecule has 0 aromatic heterocycles. The summed E-state index contributed by atoms with van der Waals surface area (Å²) in [6, 6.07) is 8.47. The highest BCUT2D eigenvalue weighted by Gasteiger charge is 2.33. The number of para-hydroxylation sites is 1. The van der Waals surface area contributed by atoms with E-state index < -0.39 is 0 Å². The lowest BCUT2D eigenvalue weighted by molar-refractivity contribution is 0.0417. The maximum Gasteiger partial charge on any atom is 0.317 e. The molecule has 0 saturated carbocycles. The molecule has 2 amide bonds. The molecule has 126 valence electrons. The van der Waals surface area contributed by atoms with Crippen molar-refractivity contribution in [1.82, 2.24) is 15.1 Å². The second-order valence-electron chi connectivity index (χ2n) is 6.66. The predicted molar refractivity (Wildman–Crippen MR) is 90.9 cm³/mol. The minimum absolute atomic E-state index is 0.0499. The van der Waals surface area contributed by atoms with Gasteiger partial charge in [0, 0.05) is 12.6 Å². The summed E-state index contributed by atoms with van der Waals surface area (Å²) in [5.41, 5.74) is 1.22. The van der Waals surface area contributed by atoms with Crippen molar-refractivity contribution in [3.63, 3.8) is 0 Å². The van der Waals surface area contributed by atoms with E-state index in [9.17, 15) is 4.79 Å². The number of urea groups is 1. The molecule has 2 aliphatic rings. The van der Waals surface area contributed by atoms with Gasteiger partial charge in [0.2, 0.25) is 0 Å². The zero-order chi connectivity index (χ0) is 16.2. The summed E-state index contributed by atoms with van der Waals surface area (Å²) in [4.78, 5) is 16.4. The van der Waals surface area contributed by atoms with E-state index in [4.69, 9.17) is 4.74 Å². The van der Waals surface area contributed by atoms with Gasteiger partial charge < -0.3 is 19.9 Å². The smallest absolute Gasteiger partial charge is 0.317 e. The van der Waals surface area contributed by atoms with Crippen molar-refractivity contribution >= 4 is 6.03 Å². The Morgan fingerprint density at radius 2 is 2.09 bits per heavy atom. The van der Waals surface area contributed by atoms with E-state index in [1.165, 1.54) is 5.56 Å². The van der Waals surface area contributed by atoms with Gasteiger partial charge >= 0.3 is 6.03 Å². The number of hydrogen-bond acceptors (Lipinski definition) is 3. The van der Waals surface area contributed by atoms with Crippen molar-refractivity contribution in [2.75, 3.05) is 33.2 Å². The van der Waals surface area contributed by atoms with E-state index in [0.717, 1.165) is 38.1 Å². The summed E-state index contributed by atoms with van der Waals surface area (Å²) in [7, 11) is 2.11. The fourth-order valence-corrected chi connectivity index (χ4v) is 3.32. The molecule has 5 heteroatoms. The third-order valence-electron chi connectivity index (χ3n) is 4.73. The second-order valence-corrected chi connectivity index (χ2v) is 6.66. The van der Waals surface area contributed by atoms with Crippen LogP contribution >= 0.6 is 0 Å². The molecule has 0 radical (unpaired) electrons. The normalized spacial score (nSPS) is 22.5. The number of likely N-dealkylation sites (N-methyl/N-ethyl adjacent to an activating group) is 1. The summed E-state index contributed by atoms with van der Waals surface area (Å²) >= 11 is 0. The molecule has 23 heavy (non-hydrogen) atoms. The molecule has 0 bridgehead atoms. The lowest BCUT2D eigenvalue weighted by Crippen LogP contribution is -2.61. The molecule has 0 spiro atoms. The molecule has 2 aliphatic heterocycles. The van der Waals surface area contributed by atoms with Gasteiger partial charge in [-0.3, -0.25) is 0 Å². The van der Waals surface area contributed by atoms with Crippen molar-refractivity contribution in [1.29, 1.82) is 0 Å². The monoisotopic (exact) mass is 317 g/mol. The highest BCUT2D eigenvalue weighted by Crippen LogP contribution is 2.23. The Labute approximate surface area is 138 Å². The van der Waals surface area contributed by atoms with Gasteiger partial charge in [-0.2, -0.15) is 0 Å². The summed E-state index contributed by atoms with van der Waals surface area (Å²) in [5.74, 6) is 0.953. The van der Waals surface area contributed by atoms with Crippen molar-refractivity contribution in [2.24, 2.45) is 0 Å². The molecule has 0 aliphatic carbocycles. The SMILES string of the molecule is CCc1ccccc1OC1CN(C(=O)NC2CCCN(C)C2)C1. The number of hydrogen-bond donors (Lipinski definition) is 1. The largest absolute Gasteiger partial charge is 0.486 e. The molecule has 1 atom stereocenters. The zero-order valence-corrected chi connectivity index (χ0v) is 14.1.